The van der Waals surface area contributed by atoms with Crippen LogP contribution in [0, 0.1) is 16.4 Å². The van der Waals surface area contributed by atoms with E-state index in [1.54, 1.807) is 16.4 Å². The van der Waals surface area contributed by atoms with Gasteiger partial charge in [0.25, 0.3) is 0 Å². The lowest BCUT2D eigenvalue weighted by Gasteiger charge is -2.35. The van der Waals surface area contributed by atoms with Crippen LogP contribution < -0.4 is 0 Å². The summed E-state index contributed by atoms with van der Waals surface area (Å²) < 4.78 is 55.8. The van der Waals surface area contributed by atoms with Gasteiger partial charge in [-0.1, -0.05) is 6.07 Å². The summed E-state index contributed by atoms with van der Waals surface area (Å²) in [6, 6.07) is 5.44. The summed E-state index contributed by atoms with van der Waals surface area (Å²) in [6.45, 7) is 1.95. The van der Waals surface area contributed by atoms with E-state index in [9.17, 15) is 22.0 Å². The average Bonchev–Trinajstić information content (AvgIpc) is 3.42. The largest absolute Gasteiger partial charge is 0.338 e. The van der Waals surface area contributed by atoms with Gasteiger partial charge in [0.05, 0.1) is 4.88 Å². The summed E-state index contributed by atoms with van der Waals surface area (Å²) in [4.78, 5) is 15.0. The number of aromatic nitrogens is 3. The van der Waals surface area contributed by atoms with Crippen LogP contribution >= 0.6 is 23.6 Å². The molecule has 1 aromatic carbocycles. The van der Waals surface area contributed by atoms with E-state index in [1.165, 1.54) is 11.3 Å². The van der Waals surface area contributed by atoms with Crippen molar-refractivity contribution in [1.82, 2.24) is 24.0 Å². The lowest BCUT2D eigenvalue weighted by molar-refractivity contribution is -0.135. The summed E-state index contributed by atoms with van der Waals surface area (Å²) in [5.41, 5.74) is 0. The molecule has 0 saturated carbocycles. The van der Waals surface area contributed by atoms with Gasteiger partial charge in [-0.25, -0.2) is 17.2 Å². The molecule has 1 fully saturated rings. The monoisotopic (exact) mass is 499 g/mol. The Morgan fingerprint density at radius 3 is 2.56 bits per heavy atom. The second-order valence-corrected chi connectivity index (χ2v) is 10.4. The van der Waals surface area contributed by atoms with Crippen molar-refractivity contribution in [3.8, 4) is 10.7 Å². The van der Waals surface area contributed by atoms with E-state index >= 15 is 0 Å². The molecular formula is C19H19F2N5O3S3. The minimum Gasteiger partial charge on any atom is -0.338 e. The fraction of sp³-hybridized carbons (Fsp3) is 0.316. The first kappa shape index (κ1) is 22.7. The number of halogens is 2. The molecule has 0 radical (unpaired) electrons. The summed E-state index contributed by atoms with van der Waals surface area (Å²) in [5, 5.41) is 8.85. The van der Waals surface area contributed by atoms with Gasteiger partial charge >= 0.3 is 0 Å². The van der Waals surface area contributed by atoms with Gasteiger partial charge in [-0.05, 0) is 42.7 Å². The van der Waals surface area contributed by atoms with Crippen LogP contribution in [0.5, 0.6) is 0 Å². The number of sulfonamides is 1. The van der Waals surface area contributed by atoms with Crippen LogP contribution in [0.1, 0.15) is 13.0 Å². The van der Waals surface area contributed by atoms with Crippen molar-refractivity contribution in [3.05, 3.63) is 52.1 Å². The van der Waals surface area contributed by atoms with Gasteiger partial charge in [-0.2, -0.15) is 9.40 Å². The van der Waals surface area contributed by atoms with Crippen LogP contribution in [0.2, 0.25) is 0 Å². The molecule has 1 saturated heterocycles. The maximum Gasteiger partial charge on any atom is 0.246 e. The molecule has 1 amide bonds. The fourth-order valence-corrected chi connectivity index (χ4v) is 6.06. The summed E-state index contributed by atoms with van der Waals surface area (Å²) in [6.07, 6.45) is 0. The van der Waals surface area contributed by atoms with Gasteiger partial charge in [-0.15, -0.1) is 11.3 Å². The van der Waals surface area contributed by atoms with Crippen LogP contribution in [0.3, 0.4) is 0 Å². The molecule has 170 valence electrons. The van der Waals surface area contributed by atoms with Crippen molar-refractivity contribution < 1.29 is 22.0 Å². The first-order valence-corrected chi connectivity index (χ1v) is 12.4. The summed E-state index contributed by atoms with van der Waals surface area (Å²) in [5.74, 6) is -1.68. The zero-order chi connectivity index (χ0) is 23.0. The SMILES string of the molecule is CC(C(=O)N1CCN(S(=O)(=O)c2ccc(F)cc2F)CC1)n1c(-c2cccs2)n[nH]c1=S. The van der Waals surface area contributed by atoms with Gasteiger partial charge in [-0.3, -0.25) is 14.5 Å². The zero-order valence-electron chi connectivity index (χ0n) is 16.9. The predicted octanol–water partition coefficient (Wildman–Crippen LogP) is 3.04. The summed E-state index contributed by atoms with van der Waals surface area (Å²) >= 11 is 6.78. The van der Waals surface area contributed by atoms with Gasteiger partial charge in [0, 0.05) is 32.2 Å². The number of carbonyl (C=O) groups excluding carboxylic acids is 1. The first-order chi connectivity index (χ1) is 15.2. The van der Waals surface area contributed by atoms with Gasteiger partial charge in [0.1, 0.15) is 22.6 Å². The highest BCUT2D eigenvalue weighted by Crippen LogP contribution is 2.27. The molecule has 8 nitrogen and oxygen atoms in total. The van der Waals surface area contributed by atoms with Crippen LogP contribution in [-0.4, -0.2) is 64.5 Å². The molecule has 1 unspecified atom stereocenters. The highest BCUT2D eigenvalue weighted by atomic mass is 32.2. The van der Waals surface area contributed by atoms with Crippen molar-refractivity contribution in [3.63, 3.8) is 0 Å². The number of amides is 1. The van der Waals surface area contributed by atoms with E-state index in [4.69, 9.17) is 12.2 Å². The number of thiophene rings is 1. The minimum absolute atomic E-state index is 0.00776. The maximum absolute atomic E-state index is 14.0. The van der Waals surface area contributed by atoms with Crippen molar-refractivity contribution in [2.24, 2.45) is 0 Å². The lowest BCUT2D eigenvalue weighted by Crippen LogP contribution is -2.51. The number of aromatic amines is 1. The molecule has 0 aliphatic carbocycles. The molecular weight excluding hydrogens is 480 g/mol. The molecule has 32 heavy (non-hydrogen) atoms. The fourth-order valence-electron chi connectivity index (χ4n) is 3.59. The van der Waals surface area contributed by atoms with E-state index in [2.05, 4.69) is 10.2 Å². The number of nitrogens with one attached hydrogen (secondary N) is 1. The quantitative estimate of drug-likeness (QED) is 0.545. The molecule has 0 bridgehead atoms. The topological polar surface area (TPSA) is 91.3 Å². The molecule has 1 atom stereocenters. The Morgan fingerprint density at radius 2 is 1.94 bits per heavy atom. The third-order valence-corrected chi connectivity index (χ3v) is 8.34. The summed E-state index contributed by atoms with van der Waals surface area (Å²) in [7, 11) is -4.15. The number of hydrogen-bond donors (Lipinski definition) is 1. The third kappa shape index (κ3) is 4.12. The number of rotatable bonds is 5. The zero-order valence-corrected chi connectivity index (χ0v) is 19.3. The molecule has 0 spiro atoms. The Hall–Kier alpha value is -2.48. The molecule has 13 heteroatoms. The highest BCUT2D eigenvalue weighted by Gasteiger charge is 2.34. The second-order valence-electron chi connectivity index (χ2n) is 7.18. The Balaban J connectivity index is 1.49. The molecule has 1 aliphatic rings. The number of benzene rings is 1. The van der Waals surface area contributed by atoms with Crippen LogP contribution in [-0.2, 0) is 14.8 Å². The number of hydrogen-bond acceptors (Lipinski definition) is 6. The first-order valence-electron chi connectivity index (χ1n) is 9.65. The molecule has 1 N–H and O–H groups in total. The number of H-pyrrole nitrogens is 1. The minimum atomic E-state index is -4.15. The predicted molar refractivity (Wildman–Crippen MR) is 117 cm³/mol. The molecule has 4 rings (SSSR count). The van der Waals surface area contributed by atoms with E-state index < -0.39 is 32.6 Å². The van der Waals surface area contributed by atoms with E-state index in [0.717, 1.165) is 21.3 Å². The number of nitrogens with zero attached hydrogens (tertiary/aromatic N) is 4. The van der Waals surface area contributed by atoms with Crippen LogP contribution in [0.25, 0.3) is 10.7 Å². The molecule has 1 aliphatic heterocycles. The Morgan fingerprint density at radius 1 is 1.22 bits per heavy atom. The van der Waals surface area contributed by atoms with E-state index in [-0.39, 0.29) is 32.1 Å². The van der Waals surface area contributed by atoms with Gasteiger partial charge in [0.2, 0.25) is 15.9 Å². The lowest BCUT2D eigenvalue weighted by atomic mass is 10.2. The third-order valence-electron chi connectivity index (χ3n) is 5.25. The Kier molecular flexibility index (Phi) is 6.25. The van der Waals surface area contributed by atoms with Crippen LogP contribution in [0.4, 0.5) is 8.78 Å². The normalized spacial score (nSPS) is 16.3. The standard InChI is InChI=1S/C19H19F2N5O3S3/c1-12(26-17(22-23-19(26)30)15-3-2-10-31-15)18(27)24-6-8-25(9-7-24)32(28,29)16-5-4-13(20)11-14(16)21/h2-5,10-12H,6-9H2,1H3,(H,23,30). The average molecular weight is 500 g/mol. The Labute approximate surface area is 192 Å². The van der Waals surface area contributed by atoms with Crippen molar-refractivity contribution >= 4 is 39.5 Å². The maximum atomic E-state index is 14.0. The van der Waals surface area contributed by atoms with Crippen molar-refractivity contribution in [1.29, 1.82) is 0 Å². The van der Waals surface area contributed by atoms with Gasteiger partial charge < -0.3 is 4.90 Å². The van der Waals surface area contributed by atoms with Gasteiger partial charge in [0.15, 0.2) is 10.6 Å². The van der Waals surface area contributed by atoms with Crippen LogP contribution in [0.15, 0.2) is 40.6 Å². The second kappa shape index (κ2) is 8.81. The van der Waals surface area contributed by atoms with Crippen molar-refractivity contribution in [2.75, 3.05) is 26.2 Å². The molecule has 2 aromatic heterocycles. The highest BCUT2D eigenvalue weighted by molar-refractivity contribution is 7.89. The molecule has 3 aromatic rings. The number of carbonyl (C=O) groups is 1. The van der Waals surface area contributed by atoms with E-state index in [1.807, 2.05) is 17.5 Å². The number of piperazine rings is 1. The smallest absolute Gasteiger partial charge is 0.246 e. The Bertz CT molecular complexity index is 1300. The van der Waals surface area contributed by atoms with E-state index in [0.29, 0.717) is 16.7 Å². The van der Waals surface area contributed by atoms with Crippen molar-refractivity contribution in [2.45, 2.75) is 17.9 Å². The molecule has 3 heterocycles.